The van der Waals surface area contributed by atoms with Crippen molar-refractivity contribution in [2.45, 2.75) is 44.6 Å². The average molecular weight is 375 g/mol. The van der Waals surface area contributed by atoms with Gasteiger partial charge in [-0.1, -0.05) is 37.3 Å². The Morgan fingerprint density at radius 3 is 2.50 bits per heavy atom. The third-order valence-electron chi connectivity index (χ3n) is 4.51. The van der Waals surface area contributed by atoms with Gasteiger partial charge in [-0.05, 0) is 43.2 Å². The maximum absolute atomic E-state index is 12.3. The third kappa shape index (κ3) is 4.85. The van der Waals surface area contributed by atoms with E-state index < -0.39 is 0 Å². The maximum atomic E-state index is 12.3. The van der Waals surface area contributed by atoms with Crippen LogP contribution in [0.2, 0.25) is 5.02 Å². The van der Waals surface area contributed by atoms with Crippen LogP contribution < -0.4 is 15.4 Å². The van der Waals surface area contributed by atoms with E-state index in [1.54, 1.807) is 37.4 Å². The first-order valence-electron chi connectivity index (χ1n) is 8.91. The largest absolute Gasteiger partial charge is 0.495 e. The van der Waals surface area contributed by atoms with Crippen molar-refractivity contribution >= 4 is 29.0 Å². The molecule has 1 saturated carbocycles. The van der Waals surface area contributed by atoms with E-state index in [2.05, 4.69) is 20.8 Å². The average Bonchev–Trinajstić information content (AvgIpc) is 2.91. The predicted octanol–water partition coefficient (Wildman–Crippen LogP) is 4.53. The zero-order chi connectivity index (χ0) is 18.4. The highest BCUT2D eigenvalue weighted by atomic mass is 35.5. The Hall–Kier alpha value is -2.34. The number of hydrogen-bond donors (Lipinski definition) is 2. The molecular weight excluding hydrogens is 352 g/mol. The number of aromatic nitrogens is 2. The van der Waals surface area contributed by atoms with Crippen LogP contribution >= 0.6 is 11.6 Å². The number of nitrogens with one attached hydrogen (secondary N) is 2. The molecule has 1 heterocycles. The number of carbonyl (C=O) groups is 1. The molecule has 2 aromatic rings. The second kappa shape index (κ2) is 8.85. The topological polar surface area (TPSA) is 76.1 Å². The van der Waals surface area contributed by atoms with Crippen molar-refractivity contribution in [3.05, 3.63) is 41.0 Å². The van der Waals surface area contributed by atoms with Gasteiger partial charge in [0.15, 0.2) is 5.69 Å². The smallest absolute Gasteiger partial charge is 0.276 e. The summed E-state index contributed by atoms with van der Waals surface area (Å²) < 4.78 is 5.10. The molecule has 0 aliphatic heterocycles. The molecule has 138 valence electrons. The van der Waals surface area contributed by atoms with Crippen LogP contribution in [0.1, 0.15) is 49.0 Å². The summed E-state index contributed by atoms with van der Waals surface area (Å²) in [5.41, 5.74) is 0.826. The van der Waals surface area contributed by atoms with Gasteiger partial charge in [0.25, 0.3) is 5.91 Å². The lowest BCUT2D eigenvalue weighted by Crippen LogP contribution is -2.20. The summed E-state index contributed by atoms with van der Waals surface area (Å²) in [6.45, 7) is 0. The molecule has 2 N–H and O–H groups in total. The van der Waals surface area contributed by atoms with Crippen LogP contribution in [-0.4, -0.2) is 29.3 Å². The Morgan fingerprint density at radius 2 is 1.88 bits per heavy atom. The molecule has 1 aromatic heterocycles. The van der Waals surface area contributed by atoms with Crippen molar-refractivity contribution in [2.75, 3.05) is 17.7 Å². The molecule has 1 aromatic carbocycles. The first-order valence-corrected chi connectivity index (χ1v) is 9.28. The summed E-state index contributed by atoms with van der Waals surface area (Å²) in [6.07, 6.45) is 7.41. The van der Waals surface area contributed by atoms with Gasteiger partial charge in [0.05, 0.1) is 12.1 Å². The summed E-state index contributed by atoms with van der Waals surface area (Å²) in [4.78, 5) is 12.3. The lowest BCUT2D eigenvalue weighted by Gasteiger charge is -2.16. The Kier molecular flexibility index (Phi) is 6.28. The Labute approximate surface area is 158 Å². The highest BCUT2D eigenvalue weighted by Gasteiger charge is 2.14. The van der Waals surface area contributed by atoms with Crippen LogP contribution in [0.3, 0.4) is 0 Å². The van der Waals surface area contributed by atoms with Gasteiger partial charge in [0, 0.05) is 11.7 Å². The molecule has 26 heavy (non-hydrogen) atoms. The fourth-order valence-corrected chi connectivity index (χ4v) is 3.36. The Bertz CT molecular complexity index is 744. The zero-order valence-corrected chi connectivity index (χ0v) is 15.6. The zero-order valence-electron chi connectivity index (χ0n) is 14.8. The highest BCUT2D eigenvalue weighted by Crippen LogP contribution is 2.27. The minimum absolute atomic E-state index is 0.253. The molecule has 1 fully saturated rings. The number of benzene rings is 1. The Balaban J connectivity index is 1.60. The summed E-state index contributed by atoms with van der Waals surface area (Å²) in [5.74, 6) is 0.930. The molecule has 0 spiro atoms. The molecule has 1 amide bonds. The van der Waals surface area contributed by atoms with E-state index in [4.69, 9.17) is 16.3 Å². The molecule has 0 radical (unpaired) electrons. The van der Waals surface area contributed by atoms with Crippen molar-refractivity contribution in [1.29, 1.82) is 0 Å². The Morgan fingerprint density at radius 1 is 1.12 bits per heavy atom. The van der Waals surface area contributed by atoms with Crippen LogP contribution in [0.15, 0.2) is 30.3 Å². The molecule has 7 heteroatoms. The number of carbonyl (C=O) groups excluding carboxylic acids is 1. The summed E-state index contributed by atoms with van der Waals surface area (Å²) in [6, 6.07) is 8.96. The van der Waals surface area contributed by atoms with Gasteiger partial charge >= 0.3 is 0 Å². The quantitative estimate of drug-likeness (QED) is 0.752. The van der Waals surface area contributed by atoms with Crippen molar-refractivity contribution in [3.63, 3.8) is 0 Å². The van der Waals surface area contributed by atoms with Crippen LogP contribution in [0.5, 0.6) is 5.75 Å². The number of rotatable bonds is 5. The van der Waals surface area contributed by atoms with Gasteiger partial charge in [0.1, 0.15) is 11.6 Å². The van der Waals surface area contributed by atoms with E-state index in [9.17, 15) is 4.79 Å². The molecule has 1 aliphatic carbocycles. The van der Waals surface area contributed by atoms with Crippen molar-refractivity contribution < 1.29 is 9.53 Å². The number of anilines is 2. The number of ether oxygens (including phenoxy) is 1. The number of amides is 1. The summed E-state index contributed by atoms with van der Waals surface area (Å²) >= 11 is 6.07. The van der Waals surface area contributed by atoms with E-state index in [1.807, 2.05) is 0 Å². The standard InChI is InChI=1S/C19H23ClN4O2/c1-26-17-10-8-14(12-15(17)20)22-19(25)16-9-11-18(24-23-16)21-13-6-4-2-3-5-7-13/h8-13H,2-7H2,1H3,(H,21,24)(H,22,25). The fourth-order valence-electron chi connectivity index (χ4n) is 3.10. The van der Waals surface area contributed by atoms with Gasteiger partial charge in [-0.2, -0.15) is 0 Å². The minimum Gasteiger partial charge on any atom is -0.495 e. The monoisotopic (exact) mass is 374 g/mol. The van der Waals surface area contributed by atoms with E-state index >= 15 is 0 Å². The van der Waals surface area contributed by atoms with Crippen molar-refractivity contribution in [2.24, 2.45) is 0 Å². The molecule has 0 bridgehead atoms. The normalized spacial score (nSPS) is 15.2. The number of halogens is 1. The molecular formula is C19H23ClN4O2. The lowest BCUT2D eigenvalue weighted by molar-refractivity contribution is 0.102. The minimum atomic E-state index is -0.334. The van der Waals surface area contributed by atoms with Crippen LogP contribution in [0.25, 0.3) is 0 Å². The van der Waals surface area contributed by atoms with Crippen LogP contribution in [0, 0.1) is 0 Å². The molecule has 0 saturated heterocycles. The first kappa shape index (κ1) is 18.5. The third-order valence-corrected chi connectivity index (χ3v) is 4.81. The summed E-state index contributed by atoms with van der Waals surface area (Å²) in [5, 5.41) is 14.8. The van der Waals surface area contributed by atoms with Gasteiger partial charge < -0.3 is 15.4 Å². The van der Waals surface area contributed by atoms with Gasteiger partial charge in [-0.25, -0.2) is 0 Å². The number of methoxy groups -OCH3 is 1. The molecule has 3 rings (SSSR count). The molecule has 0 atom stereocenters. The predicted molar refractivity (Wildman–Crippen MR) is 103 cm³/mol. The van der Waals surface area contributed by atoms with Gasteiger partial charge in [-0.3, -0.25) is 4.79 Å². The van der Waals surface area contributed by atoms with Gasteiger partial charge in [-0.15, -0.1) is 10.2 Å². The fraction of sp³-hybridized carbons (Fsp3) is 0.421. The highest BCUT2D eigenvalue weighted by molar-refractivity contribution is 6.32. The van der Waals surface area contributed by atoms with Crippen molar-refractivity contribution in [3.8, 4) is 5.75 Å². The molecule has 0 unspecified atom stereocenters. The number of hydrogen-bond acceptors (Lipinski definition) is 5. The van der Waals surface area contributed by atoms with Crippen molar-refractivity contribution in [1.82, 2.24) is 10.2 Å². The lowest BCUT2D eigenvalue weighted by atomic mass is 10.1. The molecule has 6 nitrogen and oxygen atoms in total. The van der Waals surface area contributed by atoms with Gasteiger partial charge in [0.2, 0.25) is 0 Å². The summed E-state index contributed by atoms with van der Waals surface area (Å²) in [7, 11) is 1.54. The first-order chi connectivity index (χ1) is 12.7. The maximum Gasteiger partial charge on any atom is 0.276 e. The van der Waals surface area contributed by atoms with E-state index in [-0.39, 0.29) is 11.6 Å². The molecule has 1 aliphatic rings. The second-order valence-corrected chi connectivity index (χ2v) is 6.85. The second-order valence-electron chi connectivity index (χ2n) is 6.44. The van der Waals surface area contributed by atoms with E-state index in [0.29, 0.717) is 28.3 Å². The SMILES string of the molecule is COc1ccc(NC(=O)c2ccc(NC3CCCCCC3)nn2)cc1Cl. The van der Waals surface area contributed by atoms with E-state index in [1.165, 1.54) is 25.7 Å². The van der Waals surface area contributed by atoms with E-state index in [0.717, 1.165) is 12.8 Å². The van der Waals surface area contributed by atoms with Crippen LogP contribution in [0.4, 0.5) is 11.5 Å². The van der Waals surface area contributed by atoms with Crippen LogP contribution in [-0.2, 0) is 0 Å². The number of nitrogens with zero attached hydrogens (tertiary/aromatic N) is 2.